The molecule has 1 aromatic carbocycles. The average Bonchev–Trinajstić information content (AvgIpc) is 2.36. The van der Waals surface area contributed by atoms with Crippen LogP contribution >= 0.6 is 0 Å². The third-order valence-electron chi connectivity index (χ3n) is 2.62. The van der Waals surface area contributed by atoms with Gasteiger partial charge in [0.25, 0.3) is 0 Å². The second-order valence-corrected chi connectivity index (χ2v) is 3.75. The van der Waals surface area contributed by atoms with Crippen molar-refractivity contribution in [1.29, 1.82) is 0 Å². The molecule has 96 valence electrons. The SMILES string of the molecule is COCCCC(NN)c1ccc(F)c(OC)c1. The molecule has 0 heterocycles. The van der Waals surface area contributed by atoms with Gasteiger partial charge in [0, 0.05) is 19.8 Å². The summed E-state index contributed by atoms with van der Waals surface area (Å²) in [4.78, 5) is 0. The Hall–Kier alpha value is -1.17. The molecule has 1 aromatic rings. The minimum absolute atomic E-state index is 0.0281. The lowest BCUT2D eigenvalue weighted by Crippen LogP contribution is -2.28. The predicted octanol–water partition coefficient (Wildman–Crippen LogP) is 1.77. The Labute approximate surface area is 101 Å². The zero-order chi connectivity index (χ0) is 12.7. The topological polar surface area (TPSA) is 56.5 Å². The first-order valence-corrected chi connectivity index (χ1v) is 5.51. The molecule has 1 unspecified atom stereocenters. The number of methoxy groups -OCH3 is 2. The van der Waals surface area contributed by atoms with Crippen LogP contribution in [0.3, 0.4) is 0 Å². The van der Waals surface area contributed by atoms with E-state index in [0.717, 1.165) is 18.4 Å². The van der Waals surface area contributed by atoms with Crippen LogP contribution in [0.25, 0.3) is 0 Å². The van der Waals surface area contributed by atoms with Crippen LogP contribution in [0, 0.1) is 5.82 Å². The third kappa shape index (κ3) is 3.96. The molecule has 3 N–H and O–H groups in total. The number of halogens is 1. The summed E-state index contributed by atoms with van der Waals surface area (Å²) in [7, 11) is 3.10. The maximum atomic E-state index is 13.2. The number of benzene rings is 1. The number of hydrazine groups is 1. The molecule has 0 saturated heterocycles. The first-order chi connectivity index (χ1) is 8.22. The van der Waals surface area contributed by atoms with Crippen molar-refractivity contribution in [3.8, 4) is 5.75 Å². The van der Waals surface area contributed by atoms with E-state index in [2.05, 4.69) is 5.43 Å². The standard InChI is InChI=1S/C12H19FN2O2/c1-16-7-3-4-11(15-14)9-5-6-10(13)12(8-9)17-2/h5-6,8,11,15H,3-4,7,14H2,1-2H3. The van der Waals surface area contributed by atoms with Crippen LogP contribution in [0.1, 0.15) is 24.4 Å². The van der Waals surface area contributed by atoms with Crippen molar-refractivity contribution < 1.29 is 13.9 Å². The highest BCUT2D eigenvalue weighted by atomic mass is 19.1. The number of hydrogen-bond acceptors (Lipinski definition) is 4. The van der Waals surface area contributed by atoms with E-state index in [4.69, 9.17) is 15.3 Å². The molecule has 0 bridgehead atoms. The van der Waals surface area contributed by atoms with Gasteiger partial charge in [-0.25, -0.2) is 4.39 Å². The van der Waals surface area contributed by atoms with Crippen molar-refractivity contribution in [2.75, 3.05) is 20.8 Å². The molecular weight excluding hydrogens is 223 g/mol. The second kappa shape index (κ2) is 7.21. The minimum atomic E-state index is -0.371. The molecule has 0 amide bonds. The summed E-state index contributed by atoms with van der Waals surface area (Å²) in [6, 6.07) is 4.72. The lowest BCUT2D eigenvalue weighted by molar-refractivity contribution is 0.189. The van der Waals surface area contributed by atoms with Gasteiger partial charge in [-0.1, -0.05) is 6.07 Å². The van der Waals surface area contributed by atoms with Gasteiger partial charge in [-0.3, -0.25) is 11.3 Å². The Morgan fingerprint density at radius 1 is 1.41 bits per heavy atom. The van der Waals surface area contributed by atoms with E-state index >= 15 is 0 Å². The fraction of sp³-hybridized carbons (Fsp3) is 0.500. The molecule has 5 heteroatoms. The first kappa shape index (κ1) is 13.9. The highest BCUT2D eigenvalue weighted by Gasteiger charge is 2.12. The van der Waals surface area contributed by atoms with Gasteiger partial charge in [0.15, 0.2) is 11.6 Å². The summed E-state index contributed by atoms with van der Waals surface area (Å²) in [5.41, 5.74) is 3.62. The van der Waals surface area contributed by atoms with Gasteiger partial charge in [-0.15, -0.1) is 0 Å². The Morgan fingerprint density at radius 3 is 2.76 bits per heavy atom. The van der Waals surface area contributed by atoms with E-state index in [0.29, 0.717) is 6.61 Å². The van der Waals surface area contributed by atoms with Crippen LogP contribution in [-0.2, 0) is 4.74 Å². The van der Waals surface area contributed by atoms with Crippen LogP contribution in [0.2, 0.25) is 0 Å². The summed E-state index contributed by atoms with van der Waals surface area (Å²) >= 11 is 0. The monoisotopic (exact) mass is 242 g/mol. The molecule has 17 heavy (non-hydrogen) atoms. The van der Waals surface area contributed by atoms with E-state index in [1.165, 1.54) is 13.2 Å². The van der Waals surface area contributed by atoms with Crippen LogP contribution in [0.4, 0.5) is 4.39 Å². The zero-order valence-corrected chi connectivity index (χ0v) is 10.2. The number of nitrogens with two attached hydrogens (primary N) is 1. The minimum Gasteiger partial charge on any atom is -0.494 e. The molecule has 0 aliphatic carbocycles. The molecule has 0 saturated carbocycles. The van der Waals surface area contributed by atoms with Crippen LogP contribution in [0.5, 0.6) is 5.75 Å². The summed E-state index contributed by atoms with van der Waals surface area (Å²) < 4.78 is 23.2. The third-order valence-corrected chi connectivity index (χ3v) is 2.62. The molecule has 1 atom stereocenters. The van der Waals surface area contributed by atoms with Crippen molar-refractivity contribution in [3.05, 3.63) is 29.6 Å². The molecule has 0 spiro atoms. The van der Waals surface area contributed by atoms with Crippen molar-refractivity contribution >= 4 is 0 Å². The fourth-order valence-electron chi connectivity index (χ4n) is 1.67. The molecule has 0 aliphatic rings. The van der Waals surface area contributed by atoms with Crippen LogP contribution in [0.15, 0.2) is 18.2 Å². The van der Waals surface area contributed by atoms with Crippen LogP contribution < -0.4 is 16.0 Å². The Kier molecular flexibility index (Phi) is 5.90. The van der Waals surface area contributed by atoms with E-state index in [1.54, 1.807) is 19.2 Å². The molecule has 0 aliphatic heterocycles. The lowest BCUT2D eigenvalue weighted by atomic mass is 10.0. The lowest BCUT2D eigenvalue weighted by Gasteiger charge is -2.17. The fourth-order valence-corrected chi connectivity index (χ4v) is 1.67. The number of hydrogen-bond donors (Lipinski definition) is 2. The summed E-state index contributed by atoms with van der Waals surface area (Å²) in [5.74, 6) is 5.35. The highest BCUT2D eigenvalue weighted by molar-refractivity contribution is 5.32. The van der Waals surface area contributed by atoms with Crippen molar-refractivity contribution in [1.82, 2.24) is 5.43 Å². The highest BCUT2D eigenvalue weighted by Crippen LogP contribution is 2.24. The summed E-state index contributed by atoms with van der Waals surface area (Å²) in [6.45, 7) is 0.677. The second-order valence-electron chi connectivity index (χ2n) is 3.75. The van der Waals surface area contributed by atoms with E-state index in [1.807, 2.05) is 0 Å². The maximum absolute atomic E-state index is 13.2. The van der Waals surface area contributed by atoms with E-state index in [-0.39, 0.29) is 17.6 Å². The Balaban J connectivity index is 2.73. The average molecular weight is 242 g/mol. The quantitative estimate of drug-likeness (QED) is 0.434. The van der Waals surface area contributed by atoms with Gasteiger partial charge in [0.2, 0.25) is 0 Å². The molecule has 0 radical (unpaired) electrons. The van der Waals surface area contributed by atoms with Gasteiger partial charge < -0.3 is 9.47 Å². The van der Waals surface area contributed by atoms with Crippen molar-refractivity contribution in [2.45, 2.75) is 18.9 Å². The molecular formula is C12H19FN2O2. The molecule has 4 nitrogen and oxygen atoms in total. The summed E-state index contributed by atoms with van der Waals surface area (Å²) in [5, 5.41) is 0. The van der Waals surface area contributed by atoms with E-state index in [9.17, 15) is 4.39 Å². The number of ether oxygens (including phenoxy) is 2. The van der Waals surface area contributed by atoms with Gasteiger partial charge >= 0.3 is 0 Å². The van der Waals surface area contributed by atoms with Gasteiger partial charge in [-0.05, 0) is 30.5 Å². The Morgan fingerprint density at radius 2 is 2.18 bits per heavy atom. The molecule has 0 fully saturated rings. The largest absolute Gasteiger partial charge is 0.494 e. The number of nitrogens with one attached hydrogen (secondary N) is 1. The van der Waals surface area contributed by atoms with Gasteiger partial charge in [0.05, 0.1) is 7.11 Å². The molecule has 0 aromatic heterocycles. The normalized spacial score (nSPS) is 12.5. The van der Waals surface area contributed by atoms with Crippen molar-refractivity contribution in [2.24, 2.45) is 5.84 Å². The zero-order valence-electron chi connectivity index (χ0n) is 10.2. The van der Waals surface area contributed by atoms with Gasteiger partial charge in [-0.2, -0.15) is 0 Å². The Bertz CT molecular complexity index is 347. The first-order valence-electron chi connectivity index (χ1n) is 5.51. The molecule has 1 rings (SSSR count). The smallest absolute Gasteiger partial charge is 0.165 e. The van der Waals surface area contributed by atoms with Crippen molar-refractivity contribution in [3.63, 3.8) is 0 Å². The van der Waals surface area contributed by atoms with Crippen LogP contribution in [-0.4, -0.2) is 20.8 Å². The van der Waals surface area contributed by atoms with E-state index < -0.39 is 0 Å². The summed E-state index contributed by atoms with van der Waals surface area (Å²) in [6.07, 6.45) is 1.70. The number of rotatable bonds is 7. The van der Waals surface area contributed by atoms with Gasteiger partial charge in [0.1, 0.15) is 0 Å². The maximum Gasteiger partial charge on any atom is 0.165 e. The predicted molar refractivity (Wildman–Crippen MR) is 64.1 cm³/mol.